The van der Waals surface area contributed by atoms with Gasteiger partial charge >= 0.3 is 6.09 Å². The van der Waals surface area contributed by atoms with E-state index in [9.17, 15) is 4.79 Å². The minimum absolute atomic E-state index is 0.0600. The first-order chi connectivity index (χ1) is 8.34. The van der Waals surface area contributed by atoms with Crippen molar-refractivity contribution >= 4 is 6.09 Å². The molecule has 0 unspecified atom stereocenters. The maximum absolute atomic E-state index is 11.6. The lowest BCUT2D eigenvalue weighted by Gasteiger charge is -2.41. The fourth-order valence-electron chi connectivity index (χ4n) is 3.05. The third-order valence-electron chi connectivity index (χ3n) is 3.87. The molecule has 1 amide bonds. The first-order valence-corrected chi connectivity index (χ1v) is 6.37. The molecule has 90 valence electrons. The number of nitrogens with one attached hydrogen (secondary N) is 1. The number of fused-ring (bicyclic) bond motifs is 1. The van der Waals surface area contributed by atoms with Crippen molar-refractivity contribution in [2.45, 2.75) is 37.8 Å². The topological polar surface area (TPSA) is 38.3 Å². The molecule has 1 N–H and O–H groups in total. The number of carbonyl (C=O) groups is 1. The normalized spacial score (nSPS) is 32.2. The molecule has 0 aromatic heterocycles. The molecule has 0 radical (unpaired) electrons. The Morgan fingerprint density at radius 1 is 1.12 bits per heavy atom. The van der Waals surface area contributed by atoms with Gasteiger partial charge in [-0.05, 0) is 18.4 Å². The molecular formula is C14H17NO2. The summed E-state index contributed by atoms with van der Waals surface area (Å²) in [6.07, 6.45) is 4.36. The third-order valence-corrected chi connectivity index (χ3v) is 3.87. The van der Waals surface area contributed by atoms with Crippen LogP contribution in [0.25, 0.3) is 0 Å². The fourth-order valence-corrected chi connectivity index (χ4v) is 3.05. The van der Waals surface area contributed by atoms with Crippen LogP contribution >= 0.6 is 0 Å². The van der Waals surface area contributed by atoms with Crippen molar-refractivity contribution in [3.05, 3.63) is 35.9 Å². The van der Waals surface area contributed by atoms with Gasteiger partial charge in [0.25, 0.3) is 0 Å². The average molecular weight is 231 g/mol. The predicted octanol–water partition coefficient (Wildman–Crippen LogP) is 3.03. The summed E-state index contributed by atoms with van der Waals surface area (Å²) >= 11 is 0. The Kier molecular flexibility index (Phi) is 2.75. The van der Waals surface area contributed by atoms with Gasteiger partial charge in [0.2, 0.25) is 0 Å². The van der Waals surface area contributed by atoms with Crippen molar-refractivity contribution in [1.29, 1.82) is 0 Å². The highest BCUT2D eigenvalue weighted by Crippen LogP contribution is 2.39. The summed E-state index contributed by atoms with van der Waals surface area (Å²) < 4.78 is 5.49. The summed E-state index contributed by atoms with van der Waals surface area (Å²) in [5.74, 6) is 0.434. The van der Waals surface area contributed by atoms with Crippen molar-refractivity contribution in [2.24, 2.45) is 5.92 Å². The zero-order valence-corrected chi connectivity index (χ0v) is 9.76. The summed E-state index contributed by atoms with van der Waals surface area (Å²) in [6, 6.07) is 10.4. The minimum Gasteiger partial charge on any atom is -0.441 e. The van der Waals surface area contributed by atoms with Gasteiger partial charge in [-0.1, -0.05) is 43.2 Å². The second kappa shape index (κ2) is 4.40. The van der Waals surface area contributed by atoms with Gasteiger partial charge in [0.05, 0.1) is 0 Å². The highest BCUT2D eigenvalue weighted by atomic mass is 16.6. The molecule has 1 heterocycles. The number of carbonyl (C=O) groups excluding carboxylic acids is 1. The Morgan fingerprint density at radius 2 is 1.88 bits per heavy atom. The molecule has 3 heteroatoms. The summed E-state index contributed by atoms with van der Waals surface area (Å²) in [5.41, 5.74) is 1.12. The second-order valence-corrected chi connectivity index (χ2v) is 4.94. The Morgan fingerprint density at radius 3 is 2.71 bits per heavy atom. The Labute approximate surface area is 101 Å². The summed E-state index contributed by atoms with van der Waals surface area (Å²) in [7, 11) is 0. The highest BCUT2D eigenvalue weighted by molar-refractivity contribution is 5.69. The number of ether oxygens (including phenoxy) is 1. The van der Waals surface area contributed by atoms with E-state index in [1.165, 1.54) is 12.8 Å². The summed E-state index contributed by atoms with van der Waals surface area (Å²) in [4.78, 5) is 11.6. The molecule has 0 bridgehead atoms. The molecule has 1 aliphatic carbocycles. The minimum atomic E-state index is -0.262. The molecule has 2 aliphatic rings. The molecule has 1 aliphatic heterocycles. The lowest BCUT2D eigenvalue weighted by Crippen LogP contribution is -2.50. The van der Waals surface area contributed by atoms with Crippen molar-refractivity contribution in [2.75, 3.05) is 0 Å². The molecule has 1 saturated heterocycles. The summed E-state index contributed by atoms with van der Waals surface area (Å²) in [5, 5.41) is 2.96. The van der Waals surface area contributed by atoms with Crippen LogP contribution in [0.1, 0.15) is 37.4 Å². The van der Waals surface area contributed by atoms with Crippen LogP contribution in [0.3, 0.4) is 0 Å². The van der Waals surface area contributed by atoms with E-state index in [-0.39, 0.29) is 12.2 Å². The molecule has 0 spiro atoms. The average Bonchev–Trinajstić information content (AvgIpc) is 2.39. The van der Waals surface area contributed by atoms with Crippen LogP contribution in [-0.2, 0) is 4.74 Å². The van der Waals surface area contributed by atoms with Gasteiger partial charge in [-0.2, -0.15) is 0 Å². The molecule has 3 atom stereocenters. The number of amides is 1. The standard InChI is InChI=1S/C14H17NO2/c16-14-15-12-9-5-4-8-11(12)13(17-14)10-6-2-1-3-7-10/h1-3,6-7,11-13H,4-5,8-9H2,(H,15,16)/t11-,12+,13-/m1/s1. The van der Waals surface area contributed by atoms with Gasteiger partial charge in [0.1, 0.15) is 6.10 Å². The third kappa shape index (κ3) is 2.02. The van der Waals surface area contributed by atoms with E-state index in [4.69, 9.17) is 4.74 Å². The van der Waals surface area contributed by atoms with Crippen LogP contribution in [0, 0.1) is 5.92 Å². The van der Waals surface area contributed by atoms with Crippen LogP contribution in [0.15, 0.2) is 30.3 Å². The van der Waals surface area contributed by atoms with Crippen molar-refractivity contribution in [3.63, 3.8) is 0 Å². The number of cyclic esters (lactones) is 1. The first kappa shape index (κ1) is 10.6. The highest BCUT2D eigenvalue weighted by Gasteiger charge is 2.40. The Bertz CT molecular complexity index is 404. The molecule has 1 saturated carbocycles. The second-order valence-electron chi connectivity index (χ2n) is 4.94. The maximum Gasteiger partial charge on any atom is 0.407 e. The number of benzene rings is 1. The van der Waals surface area contributed by atoms with Crippen LogP contribution in [0.5, 0.6) is 0 Å². The molecule has 3 rings (SSSR count). The first-order valence-electron chi connectivity index (χ1n) is 6.37. The zero-order chi connectivity index (χ0) is 11.7. The van der Waals surface area contributed by atoms with E-state index < -0.39 is 0 Å². The predicted molar refractivity (Wildman–Crippen MR) is 64.5 cm³/mol. The van der Waals surface area contributed by atoms with Crippen molar-refractivity contribution in [3.8, 4) is 0 Å². The van der Waals surface area contributed by atoms with Crippen molar-refractivity contribution < 1.29 is 9.53 Å². The molecule has 3 nitrogen and oxygen atoms in total. The quantitative estimate of drug-likeness (QED) is 0.806. The Hall–Kier alpha value is -1.51. The smallest absolute Gasteiger partial charge is 0.407 e. The Balaban J connectivity index is 1.88. The lowest BCUT2D eigenvalue weighted by molar-refractivity contribution is -0.000325. The van der Waals surface area contributed by atoms with E-state index >= 15 is 0 Å². The molecule has 1 aromatic rings. The monoisotopic (exact) mass is 231 g/mol. The van der Waals surface area contributed by atoms with E-state index in [1.54, 1.807) is 0 Å². The van der Waals surface area contributed by atoms with Gasteiger partial charge in [-0.15, -0.1) is 0 Å². The number of hydrogen-bond donors (Lipinski definition) is 1. The van der Waals surface area contributed by atoms with Gasteiger partial charge in [-0.25, -0.2) is 4.79 Å². The van der Waals surface area contributed by atoms with Crippen LogP contribution in [-0.4, -0.2) is 12.1 Å². The van der Waals surface area contributed by atoms with Gasteiger partial charge in [0, 0.05) is 12.0 Å². The fraction of sp³-hybridized carbons (Fsp3) is 0.500. The SMILES string of the molecule is O=C1N[C@H]2CCCC[C@H]2[C@@H](c2ccccc2)O1. The lowest BCUT2D eigenvalue weighted by atomic mass is 9.78. The van der Waals surface area contributed by atoms with E-state index in [0.717, 1.165) is 18.4 Å². The van der Waals surface area contributed by atoms with Gasteiger partial charge in [0.15, 0.2) is 0 Å². The zero-order valence-electron chi connectivity index (χ0n) is 9.76. The van der Waals surface area contributed by atoms with E-state index in [2.05, 4.69) is 17.4 Å². The number of rotatable bonds is 1. The maximum atomic E-state index is 11.6. The van der Waals surface area contributed by atoms with Crippen LogP contribution < -0.4 is 5.32 Å². The summed E-state index contributed by atoms with van der Waals surface area (Å²) in [6.45, 7) is 0. The molecular weight excluding hydrogens is 214 g/mol. The number of alkyl carbamates (subject to hydrolysis) is 1. The molecule has 17 heavy (non-hydrogen) atoms. The molecule has 1 aromatic carbocycles. The largest absolute Gasteiger partial charge is 0.441 e. The van der Waals surface area contributed by atoms with E-state index in [1.807, 2.05) is 18.2 Å². The number of hydrogen-bond acceptors (Lipinski definition) is 2. The van der Waals surface area contributed by atoms with Gasteiger partial charge in [-0.3, -0.25) is 0 Å². The van der Waals surface area contributed by atoms with E-state index in [0.29, 0.717) is 12.0 Å². The van der Waals surface area contributed by atoms with Crippen molar-refractivity contribution in [1.82, 2.24) is 5.32 Å². The van der Waals surface area contributed by atoms with Crippen LogP contribution in [0.4, 0.5) is 4.79 Å². The van der Waals surface area contributed by atoms with Gasteiger partial charge < -0.3 is 10.1 Å². The van der Waals surface area contributed by atoms with Crippen LogP contribution in [0.2, 0.25) is 0 Å². The molecule has 2 fully saturated rings.